The lowest BCUT2D eigenvalue weighted by atomic mass is 10.2. The van der Waals surface area contributed by atoms with E-state index in [1.165, 1.54) is 5.69 Å². The Kier molecular flexibility index (Phi) is 5.68. The molecule has 1 aromatic heterocycles. The third-order valence-electron chi connectivity index (χ3n) is 4.31. The van der Waals surface area contributed by atoms with Crippen LogP contribution in [0, 0.1) is 0 Å². The van der Waals surface area contributed by atoms with Gasteiger partial charge >= 0.3 is 5.95 Å². The molecule has 0 amide bonds. The highest BCUT2D eigenvalue weighted by Gasteiger charge is 2.13. The number of rotatable bonds is 3. The summed E-state index contributed by atoms with van der Waals surface area (Å²) in [6, 6.07) is 16.1. The van der Waals surface area contributed by atoms with E-state index in [1.807, 2.05) is 47.5 Å². The van der Waals surface area contributed by atoms with Crippen LogP contribution in [0.5, 0.6) is 0 Å². The van der Waals surface area contributed by atoms with Gasteiger partial charge in [-0.05, 0) is 50.2 Å². The summed E-state index contributed by atoms with van der Waals surface area (Å²) in [5.41, 5.74) is 15.8. The number of hydrogen-bond acceptors (Lipinski definition) is 3. The lowest BCUT2D eigenvalue weighted by Gasteiger charge is -2.20. The third kappa shape index (κ3) is 3.62. The van der Waals surface area contributed by atoms with Crippen LogP contribution in [0.15, 0.2) is 48.5 Å². The Bertz CT molecular complexity index is 746. The van der Waals surface area contributed by atoms with E-state index in [0.29, 0.717) is 0 Å². The molecular weight excluding hydrogens is 298 g/mol. The smallest absolute Gasteiger partial charge is 0.355 e. The standard InChI is InChI=1S/C10H16N2.C9H11N3/c1-3-12(4-2)10-7-5-9(11)6-8-10;1-11-7-5-3-4-6-8(7)12(2)9(11)10/h5-8H,3-4,11H2,1-2H3;3-6,10H,1-2H3/p+1. The van der Waals surface area contributed by atoms with Crippen molar-refractivity contribution in [2.24, 2.45) is 14.1 Å². The van der Waals surface area contributed by atoms with E-state index in [-0.39, 0.29) is 0 Å². The number of para-hydroxylation sites is 2. The Morgan fingerprint density at radius 2 is 1.54 bits per heavy atom. The topological polar surface area (TPSA) is 64.1 Å². The molecule has 128 valence electrons. The third-order valence-corrected chi connectivity index (χ3v) is 4.31. The highest BCUT2D eigenvalue weighted by molar-refractivity contribution is 5.73. The quantitative estimate of drug-likeness (QED) is 0.574. The second kappa shape index (κ2) is 7.73. The zero-order valence-corrected chi connectivity index (χ0v) is 15.0. The Balaban J connectivity index is 0.000000174. The maximum atomic E-state index is 5.84. The van der Waals surface area contributed by atoms with E-state index in [0.717, 1.165) is 35.8 Å². The largest absolute Gasteiger partial charge is 0.399 e. The Labute approximate surface area is 144 Å². The SMILES string of the molecule is CCN(CC)c1ccc(N)cc1.Cn1c(N)[n+](C)c2ccccc21. The summed E-state index contributed by atoms with van der Waals surface area (Å²) >= 11 is 0. The first-order valence-corrected chi connectivity index (χ1v) is 8.29. The fraction of sp³-hybridized carbons (Fsp3) is 0.316. The van der Waals surface area contributed by atoms with Crippen molar-refractivity contribution in [3.8, 4) is 0 Å². The summed E-state index contributed by atoms with van der Waals surface area (Å²) < 4.78 is 3.96. The average Bonchev–Trinajstić information content (AvgIpc) is 2.83. The number of nitrogens with zero attached hydrogens (tertiary/aromatic N) is 3. The number of fused-ring (bicyclic) bond motifs is 1. The zero-order valence-electron chi connectivity index (χ0n) is 15.0. The van der Waals surface area contributed by atoms with Crippen LogP contribution in [0.2, 0.25) is 0 Å². The van der Waals surface area contributed by atoms with Gasteiger partial charge in [0.15, 0.2) is 0 Å². The normalized spacial score (nSPS) is 10.3. The minimum absolute atomic E-state index is 0.774. The van der Waals surface area contributed by atoms with Gasteiger partial charge in [-0.25, -0.2) is 9.13 Å². The first-order valence-electron chi connectivity index (χ1n) is 8.29. The molecule has 0 radical (unpaired) electrons. The highest BCUT2D eigenvalue weighted by atomic mass is 15.2. The molecule has 0 unspecified atom stereocenters. The predicted molar refractivity (Wildman–Crippen MR) is 103 cm³/mol. The van der Waals surface area contributed by atoms with Crippen LogP contribution in [-0.2, 0) is 14.1 Å². The first kappa shape index (κ1) is 17.7. The van der Waals surface area contributed by atoms with Crippen LogP contribution < -0.4 is 20.9 Å². The number of nitrogen functional groups attached to an aromatic ring is 2. The molecule has 5 nitrogen and oxygen atoms in total. The molecule has 24 heavy (non-hydrogen) atoms. The van der Waals surface area contributed by atoms with Gasteiger partial charge in [0, 0.05) is 24.5 Å². The van der Waals surface area contributed by atoms with Gasteiger partial charge in [-0.2, -0.15) is 0 Å². The molecule has 3 rings (SSSR count). The van der Waals surface area contributed by atoms with Crippen molar-refractivity contribution in [1.82, 2.24) is 4.57 Å². The summed E-state index contributed by atoms with van der Waals surface area (Å²) in [5, 5.41) is 0. The monoisotopic (exact) mass is 326 g/mol. The van der Waals surface area contributed by atoms with Gasteiger partial charge in [-0.3, -0.25) is 5.73 Å². The van der Waals surface area contributed by atoms with Gasteiger partial charge in [0.2, 0.25) is 0 Å². The second-order valence-corrected chi connectivity index (χ2v) is 5.73. The van der Waals surface area contributed by atoms with E-state index < -0.39 is 0 Å². The van der Waals surface area contributed by atoms with Crippen molar-refractivity contribution in [3.63, 3.8) is 0 Å². The van der Waals surface area contributed by atoms with Crippen molar-refractivity contribution in [2.45, 2.75) is 13.8 Å². The minimum Gasteiger partial charge on any atom is -0.399 e. The molecule has 2 aromatic carbocycles. The van der Waals surface area contributed by atoms with Crippen molar-refractivity contribution < 1.29 is 4.57 Å². The summed E-state index contributed by atoms with van der Waals surface area (Å²) in [6.45, 7) is 6.39. The molecule has 3 aromatic rings. The molecule has 0 saturated heterocycles. The molecule has 0 aliphatic rings. The number of benzene rings is 2. The van der Waals surface area contributed by atoms with Crippen LogP contribution in [0.1, 0.15) is 13.8 Å². The van der Waals surface area contributed by atoms with Crippen molar-refractivity contribution in [1.29, 1.82) is 0 Å². The molecule has 1 heterocycles. The Hall–Kier alpha value is -2.69. The maximum absolute atomic E-state index is 5.84. The van der Waals surface area contributed by atoms with Gasteiger partial charge in [-0.15, -0.1) is 0 Å². The molecule has 0 spiro atoms. The summed E-state index contributed by atoms with van der Waals surface area (Å²) in [7, 11) is 3.94. The van der Waals surface area contributed by atoms with E-state index in [9.17, 15) is 0 Å². The van der Waals surface area contributed by atoms with E-state index in [1.54, 1.807) is 0 Å². The lowest BCUT2D eigenvalue weighted by molar-refractivity contribution is -0.630. The predicted octanol–water partition coefficient (Wildman–Crippen LogP) is 2.70. The molecule has 0 bridgehead atoms. The summed E-state index contributed by atoms with van der Waals surface area (Å²) in [6.07, 6.45) is 0. The number of imidazole rings is 1. The van der Waals surface area contributed by atoms with E-state index >= 15 is 0 Å². The molecule has 0 aliphatic carbocycles. The maximum Gasteiger partial charge on any atom is 0.355 e. The number of aryl methyl sites for hydroxylation is 2. The van der Waals surface area contributed by atoms with Crippen LogP contribution in [0.3, 0.4) is 0 Å². The summed E-state index contributed by atoms with van der Waals surface area (Å²) in [4.78, 5) is 2.29. The van der Waals surface area contributed by atoms with Crippen molar-refractivity contribution in [3.05, 3.63) is 48.5 Å². The Morgan fingerprint density at radius 1 is 0.958 bits per heavy atom. The Morgan fingerprint density at radius 3 is 2.08 bits per heavy atom. The molecule has 4 N–H and O–H groups in total. The summed E-state index contributed by atoms with van der Waals surface area (Å²) in [5.74, 6) is 0.774. The van der Waals surface area contributed by atoms with Gasteiger partial charge in [0.05, 0.1) is 14.1 Å². The van der Waals surface area contributed by atoms with Gasteiger partial charge in [0.1, 0.15) is 11.0 Å². The van der Waals surface area contributed by atoms with Crippen molar-refractivity contribution >= 4 is 28.4 Å². The zero-order chi connectivity index (χ0) is 17.7. The van der Waals surface area contributed by atoms with Crippen LogP contribution >= 0.6 is 0 Å². The van der Waals surface area contributed by atoms with Crippen LogP contribution in [0.25, 0.3) is 11.0 Å². The molecule has 0 atom stereocenters. The number of anilines is 3. The first-order chi connectivity index (χ1) is 11.5. The van der Waals surface area contributed by atoms with Crippen LogP contribution in [-0.4, -0.2) is 17.7 Å². The number of hydrogen-bond donors (Lipinski definition) is 2. The molecule has 5 heteroatoms. The van der Waals surface area contributed by atoms with Gasteiger partial charge in [0.25, 0.3) is 0 Å². The number of nitrogens with two attached hydrogens (primary N) is 2. The molecule has 0 fully saturated rings. The molecule has 0 saturated carbocycles. The second-order valence-electron chi connectivity index (χ2n) is 5.73. The number of aromatic nitrogens is 2. The van der Waals surface area contributed by atoms with Crippen molar-refractivity contribution in [2.75, 3.05) is 29.5 Å². The molecule has 0 aliphatic heterocycles. The average molecular weight is 326 g/mol. The minimum atomic E-state index is 0.774. The van der Waals surface area contributed by atoms with Gasteiger partial charge in [-0.1, -0.05) is 12.1 Å². The van der Waals surface area contributed by atoms with E-state index in [4.69, 9.17) is 11.5 Å². The lowest BCUT2D eigenvalue weighted by Crippen LogP contribution is -2.31. The fourth-order valence-electron chi connectivity index (χ4n) is 2.78. The molecular formula is C19H28N5+. The fourth-order valence-corrected chi connectivity index (χ4v) is 2.78. The van der Waals surface area contributed by atoms with Gasteiger partial charge < -0.3 is 10.6 Å². The highest BCUT2D eigenvalue weighted by Crippen LogP contribution is 2.15. The van der Waals surface area contributed by atoms with E-state index in [2.05, 4.69) is 43.0 Å². The van der Waals surface area contributed by atoms with Crippen LogP contribution in [0.4, 0.5) is 17.3 Å².